The molecule has 0 radical (unpaired) electrons. The van der Waals surface area contributed by atoms with Crippen molar-refractivity contribution >= 4 is 23.2 Å². The third-order valence-corrected chi connectivity index (χ3v) is 4.69. The fourth-order valence-corrected chi connectivity index (χ4v) is 3.46. The molecule has 1 aliphatic rings. The lowest BCUT2D eigenvalue weighted by Crippen LogP contribution is -2.42. The molecule has 0 saturated heterocycles. The van der Waals surface area contributed by atoms with Crippen molar-refractivity contribution in [2.75, 3.05) is 5.32 Å². The van der Waals surface area contributed by atoms with E-state index >= 15 is 0 Å². The Labute approximate surface area is 135 Å². The molecule has 1 aromatic carbocycles. The lowest BCUT2D eigenvalue weighted by molar-refractivity contribution is -0.122. The van der Waals surface area contributed by atoms with Crippen molar-refractivity contribution in [2.24, 2.45) is 0 Å². The number of halogens is 1. The minimum atomic E-state index is -0.480. The molecule has 1 heterocycles. The summed E-state index contributed by atoms with van der Waals surface area (Å²) in [5, 5.41) is 3.73. The average Bonchev–Trinajstić information content (AvgIpc) is 2.56. The minimum absolute atomic E-state index is 0.0562. The van der Waals surface area contributed by atoms with Crippen LogP contribution in [0.2, 0.25) is 5.02 Å². The molecular formula is C18H19ClN2O. The summed E-state index contributed by atoms with van der Waals surface area (Å²) in [6.45, 7) is 0. The first-order chi connectivity index (χ1) is 10.7. The molecular weight excluding hydrogens is 296 g/mol. The summed E-state index contributed by atoms with van der Waals surface area (Å²) in [6.07, 6.45) is 8.41. The molecule has 0 bridgehead atoms. The van der Waals surface area contributed by atoms with E-state index in [1.165, 1.54) is 6.42 Å². The summed E-state index contributed by atoms with van der Waals surface area (Å²) < 4.78 is 0. The van der Waals surface area contributed by atoms with Crippen molar-refractivity contribution in [3.05, 3.63) is 59.4 Å². The van der Waals surface area contributed by atoms with Crippen LogP contribution < -0.4 is 5.32 Å². The summed E-state index contributed by atoms with van der Waals surface area (Å²) >= 11 is 6.15. The summed E-state index contributed by atoms with van der Waals surface area (Å²) in [4.78, 5) is 17.0. The van der Waals surface area contributed by atoms with Crippen LogP contribution in [-0.2, 0) is 10.2 Å². The van der Waals surface area contributed by atoms with Crippen LogP contribution in [0.1, 0.15) is 37.7 Å². The first-order valence-electron chi connectivity index (χ1n) is 7.68. The minimum Gasteiger partial charge on any atom is -0.325 e. The highest BCUT2D eigenvalue weighted by Gasteiger charge is 2.41. The van der Waals surface area contributed by atoms with E-state index in [9.17, 15) is 4.79 Å². The molecule has 0 atom stereocenters. The van der Waals surface area contributed by atoms with Crippen molar-refractivity contribution in [1.82, 2.24) is 4.98 Å². The van der Waals surface area contributed by atoms with Gasteiger partial charge >= 0.3 is 0 Å². The zero-order valence-corrected chi connectivity index (χ0v) is 13.1. The second-order valence-corrected chi connectivity index (χ2v) is 6.28. The van der Waals surface area contributed by atoms with Crippen LogP contribution in [0.25, 0.3) is 0 Å². The van der Waals surface area contributed by atoms with Gasteiger partial charge in [-0.05, 0) is 42.7 Å². The number of nitrogens with one attached hydrogen (secondary N) is 1. The standard InChI is InChI=1S/C18H19ClN2O/c19-15-6-4-5-14(13-15)18(9-2-1-3-10-18)17(22)21-16-7-11-20-12-8-16/h4-8,11-13H,1-3,9-10H2,(H,20,21,22). The molecule has 1 N–H and O–H groups in total. The quantitative estimate of drug-likeness (QED) is 0.901. The predicted molar refractivity (Wildman–Crippen MR) is 89.1 cm³/mol. The largest absolute Gasteiger partial charge is 0.325 e. The number of carbonyl (C=O) groups excluding carboxylic acids is 1. The maximum absolute atomic E-state index is 13.0. The van der Waals surface area contributed by atoms with Crippen molar-refractivity contribution in [1.29, 1.82) is 0 Å². The summed E-state index contributed by atoms with van der Waals surface area (Å²) in [6, 6.07) is 11.3. The molecule has 2 aromatic rings. The molecule has 1 saturated carbocycles. The van der Waals surface area contributed by atoms with Crippen LogP contribution in [0, 0.1) is 0 Å². The molecule has 1 amide bonds. The molecule has 22 heavy (non-hydrogen) atoms. The molecule has 1 aromatic heterocycles. The Kier molecular flexibility index (Phi) is 4.44. The summed E-state index contributed by atoms with van der Waals surface area (Å²) in [5.41, 5.74) is 1.32. The Balaban J connectivity index is 1.93. The lowest BCUT2D eigenvalue weighted by atomic mass is 9.68. The van der Waals surface area contributed by atoms with Gasteiger partial charge in [0.1, 0.15) is 0 Å². The van der Waals surface area contributed by atoms with E-state index < -0.39 is 5.41 Å². The number of anilines is 1. The van der Waals surface area contributed by atoms with Gasteiger partial charge in [0.2, 0.25) is 5.91 Å². The Morgan fingerprint density at radius 1 is 1.09 bits per heavy atom. The molecule has 114 valence electrons. The van der Waals surface area contributed by atoms with Crippen molar-refractivity contribution < 1.29 is 4.79 Å². The number of nitrogens with zero attached hydrogens (tertiary/aromatic N) is 1. The highest BCUT2D eigenvalue weighted by molar-refractivity contribution is 6.30. The predicted octanol–water partition coefficient (Wildman–Crippen LogP) is 4.58. The average molecular weight is 315 g/mol. The van der Waals surface area contributed by atoms with Gasteiger partial charge in [-0.1, -0.05) is 43.0 Å². The summed E-state index contributed by atoms with van der Waals surface area (Å²) in [7, 11) is 0. The Morgan fingerprint density at radius 2 is 1.82 bits per heavy atom. The van der Waals surface area contributed by atoms with E-state index in [1.54, 1.807) is 12.4 Å². The Bertz CT molecular complexity index is 651. The van der Waals surface area contributed by atoms with Crippen LogP contribution in [0.3, 0.4) is 0 Å². The molecule has 1 aliphatic carbocycles. The normalized spacial score (nSPS) is 17.0. The van der Waals surface area contributed by atoms with Crippen LogP contribution in [0.4, 0.5) is 5.69 Å². The van der Waals surface area contributed by atoms with Crippen molar-refractivity contribution in [3.8, 4) is 0 Å². The lowest BCUT2D eigenvalue weighted by Gasteiger charge is -2.36. The molecule has 3 rings (SSSR count). The van der Waals surface area contributed by atoms with E-state index in [0.29, 0.717) is 5.02 Å². The van der Waals surface area contributed by atoms with Gasteiger partial charge in [-0.3, -0.25) is 9.78 Å². The van der Waals surface area contributed by atoms with Gasteiger partial charge in [0, 0.05) is 23.1 Å². The van der Waals surface area contributed by atoms with Crippen LogP contribution in [0.15, 0.2) is 48.8 Å². The molecule has 0 spiro atoms. The number of aromatic nitrogens is 1. The van der Waals surface area contributed by atoms with Gasteiger partial charge in [-0.2, -0.15) is 0 Å². The van der Waals surface area contributed by atoms with Crippen LogP contribution in [0.5, 0.6) is 0 Å². The first-order valence-corrected chi connectivity index (χ1v) is 8.06. The van der Waals surface area contributed by atoms with E-state index in [4.69, 9.17) is 11.6 Å². The maximum Gasteiger partial charge on any atom is 0.235 e. The number of benzene rings is 1. The molecule has 1 fully saturated rings. The second kappa shape index (κ2) is 6.49. The van der Waals surface area contributed by atoms with E-state index in [2.05, 4.69) is 10.3 Å². The van der Waals surface area contributed by atoms with E-state index in [-0.39, 0.29) is 5.91 Å². The number of amides is 1. The second-order valence-electron chi connectivity index (χ2n) is 5.84. The summed E-state index contributed by atoms with van der Waals surface area (Å²) in [5.74, 6) is 0.0562. The highest BCUT2D eigenvalue weighted by atomic mass is 35.5. The molecule has 4 heteroatoms. The third-order valence-electron chi connectivity index (χ3n) is 4.46. The zero-order valence-electron chi connectivity index (χ0n) is 12.4. The van der Waals surface area contributed by atoms with E-state index in [0.717, 1.165) is 36.9 Å². The Morgan fingerprint density at radius 3 is 2.50 bits per heavy atom. The fraction of sp³-hybridized carbons (Fsp3) is 0.333. The van der Waals surface area contributed by atoms with Gasteiger partial charge in [0.15, 0.2) is 0 Å². The van der Waals surface area contributed by atoms with Gasteiger partial charge < -0.3 is 5.32 Å². The van der Waals surface area contributed by atoms with Gasteiger partial charge in [-0.15, -0.1) is 0 Å². The van der Waals surface area contributed by atoms with Gasteiger partial charge in [-0.25, -0.2) is 0 Å². The monoisotopic (exact) mass is 314 g/mol. The van der Waals surface area contributed by atoms with Crippen molar-refractivity contribution in [2.45, 2.75) is 37.5 Å². The Hall–Kier alpha value is -1.87. The smallest absolute Gasteiger partial charge is 0.235 e. The number of carbonyl (C=O) groups is 1. The fourth-order valence-electron chi connectivity index (χ4n) is 3.27. The van der Waals surface area contributed by atoms with Crippen LogP contribution in [-0.4, -0.2) is 10.9 Å². The van der Waals surface area contributed by atoms with Crippen LogP contribution >= 0.6 is 11.6 Å². The zero-order chi connectivity index (χ0) is 15.4. The third kappa shape index (κ3) is 3.00. The first kappa shape index (κ1) is 15.0. The number of pyridine rings is 1. The molecule has 0 aliphatic heterocycles. The maximum atomic E-state index is 13.0. The van der Waals surface area contributed by atoms with Gasteiger partial charge in [0.25, 0.3) is 0 Å². The number of hydrogen-bond acceptors (Lipinski definition) is 2. The highest BCUT2D eigenvalue weighted by Crippen LogP contribution is 2.41. The number of hydrogen-bond donors (Lipinski definition) is 1. The topological polar surface area (TPSA) is 42.0 Å². The van der Waals surface area contributed by atoms with Crippen molar-refractivity contribution in [3.63, 3.8) is 0 Å². The van der Waals surface area contributed by atoms with E-state index in [1.807, 2.05) is 36.4 Å². The SMILES string of the molecule is O=C(Nc1ccncc1)C1(c2cccc(Cl)c2)CCCCC1. The van der Waals surface area contributed by atoms with Gasteiger partial charge in [0.05, 0.1) is 5.41 Å². The molecule has 0 unspecified atom stereocenters. The number of rotatable bonds is 3. The molecule has 3 nitrogen and oxygen atoms in total.